The van der Waals surface area contributed by atoms with Crippen LogP contribution in [0.2, 0.25) is 0 Å². The average Bonchev–Trinajstić information content (AvgIpc) is 3.24. The van der Waals surface area contributed by atoms with Crippen molar-refractivity contribution >= 4 is 15.9 Å². The average molecular weight is 462 g/mol. The van der Waals surface area contributed by atoms with E-state index < -0.39 is 10.0 Å². The SMILES string of the molecule is Cc1nc(-c2ccc(C)c(S(=O)(=O)NCC(=O)N3CCN(C4CCCCC4)CC3)c2)no1. The number of nitrogens with one attached hydrogen (secondary N) is 1. The first-order chi connectivity index (χ1) is 15.3. The molecule has 2 aromatic rings. The number of carbonyl (C=O) groups is 1. The summed E-state index contributed by atoms with van der Waals surface area (Å²) in [5.41, 5.74) is 1.12. The van der Waals surface area contributed by atoms with Gasteiger partial charge in [0.05, 0.1) is 11.4 Å². The molecule has 0 spiro atoms. The minimum absolute atomic E-state index is 0.104. The fourth-order valence-corrected chi connectivity index (χ4v) is 5.82. The minimum Gasteiger partial charge on any atom is -0.339 e. The maximum Gasteiger partial charge on any atom is 0.241 e. The predicted molar refractivity (Wildman–Crippen MR) is 119 cm³/mol. The Labute approximate surface area is 189 Å². The summed E-state index contributed by atoms with van der Waals surface area (Å²) in [5.74, 6) is 0.530. The molecule has 9 nitrogen and oxygen atoms in total. The van der Waals surface area contributed by atoms with Gasteiger partial charge in [-0.1, -0.05) is 36.6 Å². The van der Waals surface area contributed by atoms with Crippen molar-refractivity contribution in [3.63, 3.8) is 0 Å². The summed E-state index contributed by atoms with van der Waals surface area (Å²) >= 11 is 0. The van der Waals surface area contributed by atoms with Crippen molar-refractivity contribution in [2.75, 3.05) is 32.7 Å². The van der Waals surface area contributed by atoms with Crippen molar-refractivity contribution in [2.24, 2.45) is 0 Å². The van der Waals surface area contributed by atoms with Gasteiger partial charge in [-0.25, -0.2) is 13.1 Å². The third-order valence-corrected chi connectivity index (χ3v) is 7.98. The van der Waals surface area contributed by atoms with Crippen LogP contribution >= 0.6 is 0 Å². The number of hydrogen-bond donors (Lipinski definition) is 1. The number of benzene rings is 1. The van der Waals surface area contributed by atoms with Crippen molar-refractivity contribution in [2.45, 2.75) is 56.9 Å². The number of nitrogens with zero attached hydrogens (tertiary/aromatic N) is 4. The summed E-state index contributed by atoms with van der Waals surface area (Å²) < 4.78 is 33.3. The monoisotopic (exact) mass is 461 g/mol. The van der Waals surface area contributed by atoms with E-state index in [0.717, 1.165) is 13.1 Å². The van der Waals surface area contributed by atoms with Gasteiger partial charge in [0.25, 0.3) is 0 Å². The van der Waals surface area contributed by atoms with Crippen LogP contribution in [-0.2, 0) is 14.8 Å². The standard InChI is InChI=1S/C22H31N5O4S/c1-16-8-9-18(22-24-17(2)31-25-22)14-20(16)32(29,30)23-15-21(28)27-12-10-26(11-13-27)19-6-4-3-5-7-19/h8-9,14,19,23H,3-7,10-13,15H2,1-2H3. The molecule has 1 aromatic carbocycles. The van der Waals surface area contributed by atoms with Crippen LogP contribution in [-0.4, -0.2) is 73.0 Å². The van der Waals surface area contributed by atoms with E-state index >= 15 is 0 Å². The quantitative estimate of drug-likeness (QED) is 0.702. The first-order valence-electron chi connectivity index (χ1n) is 11.3. The van der Waals surface area contributed by atoms with E-state index in [1.807, 2.05) is 0 Å². The largest absolute Gasteiger partial charge is 0.339 e. The highest BCUT2D eigenvalue weighted by Gasteiger charge is 2.28. The Morgan fingerprint density at radius 1 is 1.12 bits per heavy atom. The second-order valence-corrected chi connectivity index (χ2v) is 10.4. The number of carbonyl (C=O) groups excluding carboxylic acids is 1. The van der Waals surface area contributed by atoms with Crippen LogP contribution in [0.3, 0.4) is 0 Å². The number of hydrogen-bond acceptors (Lipinski definition) is 7. The molecule has 1 saturated carbocycles. The Morgan fingerprint density at radius 3 is 2.50 bits per heavy atom. The second kappa shape index (κ2) is 9.68. The third-order valence-electron chi connectivity index (χ3n) is 6.43. The predicted octanol–water partition coefficient (Wildman–Crippen LogP) is 2.11. The van der Waals surface area contributed by atoms with E-state index in [9.17, 15) is 13.2 Å². The number of amides is 1. The van der Waals surface area contributed by atoms with Crippen molar-refractivity contribution < 1.29 is 17.7 Å². The molecule has 2 aliphatic rings. The number of rotatable bonds is 6. The molecule has 0 atom stereocenters. The molecule has 0 bridgehead atoms. The molecule has 32 heavy (non-hydrogen) atoms. The lowest BCUT2D eigenvalue weighted by atomic mass is 9.94. The maximum absolute atomic E-state index is 12.9. The smallest absolute Gasteiger partial charge is 0.241 e. The molecule has 174 valence electrons. The maximum atomic E-state index is 12.9. The van der Waals surface area contributed by atoms with Gasteiger partial charge in [-0.15, -0.1) is 0 Å². The summed E-state index contributed by atoms with van der Waals surface area (Å²) in [6, 6.07) is 5.59. The second-order valence-electron chi connectivity index (χ2n) is 8.65. The van der Waals surface area contributed by atoms with Crippen LogP contribution in [0.15, 0.2) is 27.6 Å². The molecule has 10 heteroatoms. The van der Waals surface area contributed by atoms with Crippen molar-refractivity contribution in [1.82, 2.24) is 24.7 Å². The number of aryl methyl sites for hydroxylation is 2. The van der Waals surface area contributed by atoms with Gasteiger partial charge in [0.15, 0.2) is 0 Å². The molecule has 2 heterocycles. The van der Waals surface area contributed by atoms with Gasteiger partial charge in [-0.05, 0) is 31.4 Å². The van der Waals surface area contributed by atoms with Crippen molar-refractivity contribution in [3.05, 3.63) is 29.7 Å². The van der Waals surface area contributed by atoms with Gasteiger partial charge >= 0.3 is 0 Å². The van der Waals surface area contributed by atoms with Crippen LogP contribution < -0.4 is 4.72 Å². The molecular weight excluding hydrogens is 430 g/mol. The van der Waals surface area contributed by atoms with E-state index in [0.29, 0.717) is 42.0 Å². The molecular formula is C22H31N5O4S. The van der Waals surface area contributed by atoms with E-state index in [1.165, 1.54) is 38.2 Å². The van der Waals surface area contributed by atoms with Gasteiger partial charge in [0.2, 0.25) is 27.6 Å². The number of piperazine rings is 1. The highest BCUT2D eigenvalue weighted by Crippen LogP contribution is 2.24. The Morgan fingerprint density at radius 2 is 1.84 bits per heavy atom. The lowest BCUT2D eigenvalue weighted by molar-refractivity contribution is -0.132. The minimum atomic E-state index is -3.87. The normalized spacial score (nSPS) is 18.8. The molecule has 2 fully saturated rings. The van der Waals surface area contributed by atoms with Crippen LogP contribution in [0, 0.1) is 13.8 Å². The van der Waals surface area contributed by atoms with Crippen LogP contribution in [0.25, 0.3) is 11.4 Å². The zero-order valence-electron chi connectivity index (χ0n) is 18.7. The van der Waals surface area contributed by atoms with E-state index in [1.54, 1.807) is 30.9 Å². The molecule has 0 unspecified atom stereocenters. The summed E-state index contributed by atoms with van der Waals surface area (Å²) in [4.78, 5) is 21.2. The van der Waals surface area contributed by atoms with Crippen LogP contribution in [0.5, 0.6) is 0 Å². The molecule has 1 aliphatic carbocycles. The van der Waals surface area contributed by atoms with Gasteiger partial charge in [-0.2, -0.15) is 4.98 Å². The van der Waals surface area contributed by atoms with Crippen LogP contribution in [0.1, 0.15) is 43.6 Å². The Bertz CT molecular complexity index is 1050. The Kier molecular flexibility index (Phi) is 6.92. The summed E-state index contributed by atoms with van der Waals surface area (Å²) in [6.07, 6.45) is 6.40. The molecule has 0 radical (unpaired) electrons. The summed E-state index contributed by atoms with van der Waals surface area (Å²) in [7, 11) is -3.87. The Hall–Kier alpha value is -2.30. The zero-order chi connectivity index (χ0) is 22.7. The topological polar surface area (TPSA) is 109 Å². The van der Waals surface area contributed by atoms with E-state index in [2.05, 4.69) is 19.8 Å². The molecule has 1 aliphatic heterocycles. The van der Waals surface area contributed by atoms with Crippen LogP contribution in [0.4, 0.5) is 0 Å². The van der Waals surface area contributed by atoms with Gasteiger partial charge in [0.1, 0.15) is 0 Å². The Balaban J connectivity index is 1.35. The van der Waals surface area contributed by atoms with Crippen molar-refractivity contribution in [1.29, 1.82) is 0 Å². The molecule has 4 rings (SSSR count). The summed E-state index contributed by atoms with van der Waals surface area (Å²) in [6.45, 7) is 6.13. The first-order valence-corrected chi connectivity index (χ1v) is 12.7. The lowest BCUT2D eigenvalue weighted by Gasteiger charge is -2.40. The molecule has 1 amide bonds. The van der Waals surface area contributed by atoms with E-state index in [4.69, 9.17) is 4.52 Å². The highest BCUT2D eigenvalue weighted by molar-refractivity contribution is 7.89. The summed E-state index contributed by atoms with van der Waals surface area (Å²) in [5, 5.41) is 3.85. The highest BCUT2D eigenvalue weighted by atomic mass is 32.2. The van der Waals surface area contributed by atoms with Gasteiger partial charge < -0.3 is 9.42 Å². The first kappa shape index (κ1) is 22.9. The fraction of sp³-hybridized carbons (Fsp3) is 0.591. The fourth-order valence-electron chi connectivity index (χ4n) is 4.57. The molecule has 1 aromatic heterocycles. The van der Waals surface area contributed by atoms with Crippen molar-refractivity contribution in [3.8, 4) is 11.4 Å². The molecule has 1 saturated heterocycles. The van der Waals surface area contributed by atoms with Gasteiger partial charge in [-0.3, -0.25) is 9.69 Å². The third kappa shape index (κ3) is 5.19. The number of sulfonamides is 1. The number of aromatic nitrogens is 2. The van der Waals surface area contributed by atoms with E-state index in [-0.39, 0.29) is 17.3 Å². The molecule has 1 N–H and O–H groups in total. The lowest BCUT2D eigenvalue weighted by Crippen LogP contribution is -2.54. The zero-order valence-corrected chi connectivity index (χ0v) is 19.5. The van der Waals surface area contributed by atoms with Gasteiger partial charge in [0, 0.05) is 44.7 Å².